The Bertz CT molecular complexity index is 1240. The van der Waals surface area contributed by atoms with Crippen molar-refractivity contribution in [1.29, 1.82) is 0 Å². The molecule has 1 saturated heterocycles. The van der Waals surface area contributed by atoms with Crippen LogP contribution in [-0.2, 0) is 11.2 Å². The van der Waals surface area contributed by atoms with E-state index in [1.807, 2.05) is 49.4 Å². The van der Waals surface area contributed by atoms with Crippen molar-refractivity contribution in [3.63, 3.8) is 0 Å². The number of ether oxygens (including phenoxy) is 1. The second-order valence-corrected chi connectivity index (χ2v) is 9.63. The monoisotopic (exact) mass is 525 g/mol. The molecule has 1 aliphatic heterocycles. The molecule has 8 heteroatoms. The number of H-pyrrole nitrogens is 1. The van der Waals surface area contributed by atoms with Crippen molar-refractivity contribution in [2.75, 3.05) is 46.4 Å². The largest absolute Gasteiger partial charge is 0.385 e. The summed E-state index contributed by atoms with van der Waals surface area (Å²) in [5, 5.41) is 6.08. The number of amides is 1. The van der Waals surface area contributed by atoms with Gasteiger partial charge >= 0.3 is 0 Å². The lowest BCUT2D eigenvalue weighted by atomic mass is 9.93. The first-order chi connectivity index (χ1) is 18.6. The first-order valence-corrected chi connectivity index (χ1v) is 14.7. The number of benzene rings is 1. The molecule has 1 aliphatic carbocycles. The van der Waals surface area contributed by atoms with E-state index in [2.05, 4.69) is 21.9 Å². The fraction of sp³-hybridized carbons (Fsp3) is 0.633. The lowest BCUT2D eigenvalue weighted by Crippen LogP contribution is -2.49. The maximum Gasteiger partial charge on any atom is 0.259 e. The van der Waals surface area contributed by atoms with Crippen molar-refractivity contribution in [3.05, 3.63) is 39.8 Å². The molecule has 8 nitrogen and oxygen atoms in total. The number of piperazine rings is 1. The Morgan fingerprint density at radius 3 is 2.37 bits per heavy atom. The fourth-order valence-corrected chi connectivity index (χ4v) is 5.26. The lowest BCUT2D eigenvalue weighted by molar-refractivity contribution is 0.0631. The fourth-order valence-electron chi connectivity index (χ4n) is 5.26. The van der Waals surface area contributed by atoms with Crippen LogP contribution < -0.4 is 5.56 Å². The predicted molar refractivity (Wildman–Crippen MR) is 156 cm³/mol. The Kier molecular flexibility index (Phi) is 11.3. The third-order valence-corrected chi connectivity index (χ3v) is 7.55. The Morgan fingerprint density at radius 2 is 1.76 bits per heavy atom. The molecular formula is C30H47N5O3. The molecule has 1 amide bonds. The van der Waals surface area contributed by atoms with Gasteiger partial charge in [-0.05, 0) is 62.8 Å². The topological polar surface area (TPSA) is 83.5 Å². The molecule has 0 spiro atoms. The molecule has 3 heterocycles. The van der Waals surface area contributed by atoms with Gasteiger partial charge in [0.1, 0.15) is 0 Å². The minimum Gasteiger partial charge on any atom is -0.385 e. The second kappa shape index (κ2) is 14.4. The number of carbonyl (C=O) groups is 1. The van der Waals surface area contributed by atoms with Gasteiger partial charge in [0.2, 0.25) is 0 Å². The predicted octanol–water partition coefficient (Wildman–Crippen LogP) is 5.40. The molecule has 2 aliphatic rings. The number of hydrogen-bond acceptors (Lipinski definition) is 5. The van der Waals surface area contributed by atoms with Gasteiger partial charge in [0.05, 0.1) is 28.7 Å². The molecule has 1 N–H and O–H groups in total. The summed E-state index contributed by atoms with van der Waals surface area (Å²) in [5.41, 5.74) is 3.26. The normalized spacial score (nSPS) is 16.0. The summed E-state index contributed by atoms with van der Waals surface area (Å²) in [6.45, 7) is 15.2. The van der Waals surface area contributed by atoms with Crippen molar-refractivity contribution in [2.24, 2.45) is 0 Å². The molecule has 1 aromatic carbocycles. The van der Waals surface area contributed by atoms with Gasteiger partial charge in [-0.3, -0.25) is 19.2 Å². The number of nitrogens with zero attached hydrogens (tertiary/aromatic N) is 4. The van der Waals surface area contributed by atoms with Crippen LogP contribution in [0.4, 0.5) is 0 Å². The van der Waals surface area contributed by atoms with Crippen molar-refractivity contribution in [3.8, 4) is 0 Å². The quantitative estimate of drug-likeness (QED) is 0.398. The maximum absolute atomic E-state index is 13.7. The van der Waals surface area contributed by atoms with Crippen LogP contribution in [0.15, 0.2) is 23.1 Å². The number of carbonyl (C=O) groups excluding carboxylic acids is 1. The first kappa shape index (κ1) is 29.8. The highest BCUT2D eigenvalue weighted by Crippen LogP contribution is 2.35. The molecule has 3 aromatic rings. The molecule has 0 atom stereocenters. The molecule has 2 aromatic heterocycles. The zero-order valence-corrected chi connectivity index (χ0v) is 24.3. The van der Waals surface area contributed by atoms with Crippen LogP contribution in [0, 0.1) is 0 Å². The summed E-state index contributed by atoms with van der Waals surface area (Å²) in [4.78, 5) is 33.8. The van der Waals surface area contributed by atoms with Crippen molar-refractivity contribution in [2.45, 2.75) is 79.2 Å². The highest BCUT2D eigenvalue weighted by molar-refractivity contribution is 6.07. The van der Waals surface area contributed by atoms with Gasteiger partial charge in [0, 0.05) is 50.8 Å². The van der Waals surface area contributed by atoms with E-state index in [4.69, 9.17) is 4.74 Å². The van der Waals surface area contributed by atoms with Crippen LogP contribution in [0.3, 0.4) is 0 Å². The summed E-state index contributed by atoms with van der Waals surface area (Å²) < 4.78 is 7.16. The number of fused-ring (bicyclic) bond motifs is 3. The standard InChI is InChI=1S/C26H35N5O3.2C2H6/c1-3-18-15-23-21(24-22(25(32)28-23)17-27-31(24)19-7-6-8-19)16-20(18)26(33)30-12-10-29(11-13-30)9-4-5-14-34-2;2*1-2/h15-17,19H,3-14H2,1-2H3,(H,28,32);2*1-2H3. The Morgan fingerprint density at radius 1 is 1.05 bits per heavy atom. The number of unbranched alkanes of at least 4 members (excludes halogenated alkanes) is 1. The van der Waals surface area contributed by atoms with Crippen LogP contribution in [0.25, 0.3) is 21.8 Å². The van der Waals surface area contributed by atoms with Gasteiger partial charge in [-0.2, -0.15) is 5.10 Å². The van der Waals surface area contributed by atoms with Gasteiger partial charge in [0.15, 0.2) is 0 Å². The molecule has 5 rings (SSSR count). The van der Waals surface area contributed by atoms with Gasteiger partial charge in [-0.25, -0.2) is 0 Å². The minimum absolute atomic E-state index is 0.0897. The number of methoxy groups -OCH3 is 1. The smallest absolute Gasteiger partial charge is 0.259 e. The molecule has 210 valence electrons. The van der Waals surface area contributed by atoms with E-state index in [0.29, 0.717) is 11.4 Å². The Labute approximate surface area is 227 Å². The molecular weight excluding hydrogens is 478 g/mol. The van der Waals surface area contributed by atoms with Crippen LogP contribution in [0.2, 0.25) is 0 Å². The number of aromatic amines is 1. The number of aromatic nitrogens is 3. The number of aryl methyl sites for hydroxylation is 1. The SMILES string of the molecule is CC.CC.CCc1cc2[nH]c(=O)c3cnn(C4CCC4)c3c2cc1C(=O)N1CCN(CCCCOC)CC1. The maximum atomic E-state index is 13.7. The number of pyridine rings is 1. The van der Waals surface area contributed by atoms with Gasteiger partial charge in [-0.15, -0.1) is 0 Å². The highest BCUT2D eigenvalue weighted by Gasteiger charge is 2.27. The molecule has 38 heavy (non-hydrogen) atoms. The van der Waals surface area contributed by atoms with E-state index in [-0.39, 0.29) is 11.5 Å². The van der Waals surface area contributed by atoms with Gasteiger partial charge in [-0.1, -0.05) is 34.6 Å². The van der Waals surface area contributed by atoms with E-state index in [9.17, 15) is 9.59 Å². The third-order valence-electron chi connectivity index (χ3n) is 7.55. The molecule has 2 fully saturated rings. The van der Waals surface area contributed by atoms with E-state index in [1.165, 1.54) is 6.42 Å². The average molecular weight is 526 g/mol. The molecule has 0 unspecified atom stereocenters. The van der Waals surface area contributed by atoms with Crippen molar-refractivity contribution < 1.29 is 9.53 Å². The summed E-state index contributed by atoms with van der Waals surface area (Å²) in [5.74, 6) is 0.0897. The number of rotatable bonds is 8. The van der Waals surface area contributed by atoms with Gasteiger partial charge < -0.3 is 14.6 Å². The van der Waals surface area contributed by atoms with E-state index in [0.717, 1.165) is 99.0 Å². The lowest BCUT2D eigenvalue weighted by Gasteiger charge is -2.35. The van der Waals surface area contributed by atoms with E-state index < -0.39 is 0 Å². The summed E-state index contributed by atoms with van der Waals surface area (Å²) in [6, 6.07) is 4.33. The third kappa shape index (κ3) is 6.29. The Hall–Kier alpha value is -2.71. The van der Waals surface area contributed by atoms with Crippen LogP contribution in [0.5, 0.6) is 0 Å². The molecule has 0 radical (unpaired) electrons. The van der Waals surface area contributed by atoms with Crippen LogP contribution >= 0.6 is 0 Å². The molecule has 1 saturated carbocycles. The van der Waals surface area contributed by atoms with Gasteiger partial charge in [0.25, 0.3) is 11.5 Å². The summed E-state index contributed by atoms with van der Waals surface area (Å²) in [7, 11) is 1.74. The Balaban J connectivity index is 0.000000956. The summed E-state index contributed by atoms with van der Waals surface area (Å²) in [6.07, 6.45) is 7.95. The number of nitrogens with one attached hydrogen (secondary N) is 1. The zero-order valence-electron chi connectivity index (χ0n) is 24.3. The first-order valence-electron chi connectivity index (χ1n) is 14.7. The van der Waals surface area contributed by atoms with Crippen molar-refractivity contribution >= 4 is 27.7 Å². The van der Waals surface area contributed by atoms with Crippen LogP contribution in [0.1, 0.15) is 88.7 Å². The zero-order chi connectivity index (χ0) is 27.7. The highest BCUT2D eigenvalue weighted by atomic mass is 16.5. The van der Waals surface area contributed by atoms with Crippen LogP contribution in [-0.4, -0.2) is 76.9 Å². The average Bonchev–Trinajstić information content (AvgIpc) is 3.37. The van der Waals surface area contributed by atoms with E-state index >= 15 is 0 Å². The van der Waals surface area contributed by atoms with Crippen molar-refractivity contribution in [1.82, 2.24) is 24.6 Å². The minimum atomic E-state index is -0.115. The second-order valence-electron chi connectivity index (χ2n) is 9.63. The number of hydrogen-bond donors (Lipinski definition) is 1. The summed E-state index contributed by atoms with van der Waals surface area (Å²) >= 11 is 0. The van der Waals surface area contributed by atoms with E-state index in [1.54, 1.807) is 13.3 Å². The molecule has 0 bridgehead atoms.